The smallest absolute Gasteiger partial charge is 0.191 e. The molecule has 1 aliphatic heterocycles. The van der Waals surface area contributed by atoms with E-state index in [1.165, 1.54) is 0 Å². The average molecular weight is 273 g/mol. The number of rotatable bonds is 8. The highest BCUT2D eigenvalue weighted by Gasteiger charge is 2.14. The molecule has 0 saturated carbocycles. The molecule has 6 nitrogen and oxygen atoms in total. The summed E-state index contributed by atoms with van der Waals surface area (Å²) in [5, 5.41) is 6.43. The zero-order valence-electron chi connectivity index (χ0n) is 12.3. The van der Waals surface area contributed by atoms with Gasteiger partial charge in [0.05, 0.1) is 25.9 Å². The Morgan fingerprint density at radius 1 is 1.53 bits per heavy atom. The minimum absolute atomic E-state index is 0.226. The largest absolute Gasteiger partial charge is 0.383 e. The number of aliphatic imine (C=N–C) groups is 1. The molecule has 0 radical (unpaired) electrons. The first kappa shape index (κ1) is 16.2. The summed E-state index contributed by atoms with van der Waals surface area (Å²) >= 11 is 0. The van der Waals surface area contributed by atoms with Gasteiger partial charge in [0.25, 0.3) is 0 Å². The number of nitrogens with one attached hydrogen (secondary N) is 2. The maximum absolute atomic E-state index is 5.57. The number of guanidine groups is 1. The van der Waals surface area contributed by atoms with Crippen LogP contribution in [0.4, 0.5) is 0 Å². The molecule has 0 aromatic carbocycles. The van der Waals surface area contributed by atoms with Gasteiger partial charge in [0, 0.05) is 33.4 Å². The highest BCUT2D eigenvalue weighted by atomic mass is 16.5. The van der Waals surface area contributed by atoms with Gasteiger partial charge in [-0.15, -0.1) is 0 Å². The van der Waals surface area contributed by atoms with Crippen LogP contribution in [0.2, 0.25) is 0 Å². The third kappa shape index (κ3) is 7.34. The minimum atomic E-state index is 0.226. The Kier molecular flexibility index (Phi) is 8.53. The Hall–Kier alpha value is -0.850. The van der Waals surface area contributed by atoms with E-state index in [4.69, 9.17) is 14.2 Å². The molecule has 2 unspecified atom stereocenters. The Morgan fingerprint density at radius 3 is 3.00 bits per heavy atom. The number of ether oxygens (including phenoxy) is 3. The molecular formula is C13H27N3O3. The van der Waals surface area contributed by atoms with Gasteiger partial charge in [-0.1, -0.05) is 0 Å². The molecule has 0 aromatic heterocycles. The van der Waals surface area contributed by atoms with E-state index in [1.54, 1.807) is 14.2 Å². The molecule has 0 spiro atoms. The average Bonchev–Trinajstić information content (AvgIpc) is 2.90. The minimum Gasteiger partial charge on any atom is -0.383 e. The molecular weight excluding hydrogens is 246 g/mol. The van der Waals surface area contributed by atoms with Crippen molar-refractivity contribution in [1.29, 1.82) is 0 Å². The van der Waals surface area contributed by atoms with Gasteiger partial charge in [0.15, 0.2) is 5.96 Å². The molecule has 0 aliphatic carbocycles. The molecule has 2 atom stereocenters. The van der Waals surface area contributed by atoms with E-state index in [1.807, 2.05) is 6.92 Å². The molecule has 112 valence electrons. The second-order valence-electron chi connectivity index (χ2n) is 4.71. The summed E-state index contributed by atoms with van der Waals surface area (Å²) in [6, 6.07) is 0.226. The maximum atomic E-state index is 5.57. The van der Waals surface area contributed by atoms with E-state index < -0.39 is 0 Å². The molecule has 0 aromatic rings. The van der Waals surface area contributed by atoms with E-state index >= 15 is 0 Å². The van der Waals surface area contributed by atoms with Crippen molar-refractivity contribution < 1.29 is 14.2 Å². The highest BCUT2D eigenvalue weighted by Crippen LogP contribution is 2.11. The summed E-state index contributed by atoms with van der Waals surface area (Å²) in [6.07, 6.45) is 2.56. The summed E-state index contributed by atoms with van der Waals surface area (Å²) in [5.41, 5.74) is 0. The molecule has 1 saturated heterocycles. The van der Waals surface area contributed by atoms with Crippen molar-refractivity contribution in [3.05, 3.63) is 0 Å². The zero-order chi connectivity index (χ0) is 13.9. The van der Waals surface area contributed by atoms with Crippen molar-refractivity contribution >= 4 is 5.96 Å². The van der Waals surface area contributed by atoms with Crippen LogP contribution >= 0.6 is 0 Å². The summed E-state index contributed by atoms with van der Waals surface area (Å²) in [7, 11) is 3.44. The van der Waals surface area contributed by atoms with Crippen molar-refractivity contribution in [2.24, 2.45) is 4.99 Å². The van der Waals surface area contributed by atoms with Gasteiger partial charge < -0.3 is 24.8 Å². The molecule has 19 heavy (non-hydrogen) atoms. The highest BCUT2D eigenvalue weighted by molar-refractivity contribution is 5.79. The van der Waals surface area contributed by atoms with Crippen LogP contribution in [0.1, 0.15) is 19.8 Å². The molecule has 6 heteroatoms. The van der Waals surface area contributed by atoms with Crippen LogP contribution in [0, 0.1) is 0 Å². The van der Waals surface area contributed by atoms with Gasteiger partial charge in [-0.25, -0.2) is 0 Å². The second kappa shape index (κ2) is 10.00. The van der Waals surface area contributed by atoms with Crippen LogP contribution in [-0.2, 0) is 14.2 Å². The molecule has 1 fully saturated rings. The summed E-state index contributed by atoms with van der Waals surface area (Å²) in [5.74, 6) is 0.769. The molecule has 0 amide bonds. The lowest BCUT2D eigenvalue weighted by Crippen LogP contribution is -2.44. The van der Waals surface area contributed by atoms with Gasteiger partial charge in [-0.05, 0) is 19.8 Å². The van der Waals surface area contributed by atoms with Crippen LogP contribution < -0.4 is 10.6 Å². The maximum Gasteiger partial charge on any atom is 0.191 e. The zero-order valence-corrected chi connectivity index (χ0v) is 12.3. The van der Waals surface area contributed by atoms with Gasteiger partial charge in [-0.2, -0.15) is 0 Å². The molecule has 2 N–H and O–H groups in total. The molecule has 1 rings (SSSR count). The summed E-state index contributed by atoms with van der Waals surface area (Å²) in [6.45, 7) is 5.64. The van der Waals surface area contributed by atoms with Crippen molar-refractivity contribution in [2.75, 3.05) is 47.1 Å². The number of methoxy groups -OCH3 is 1. The van der Waals surface area contributed by atoms with Gasteiger partial charge in [0.2, 0.25) is 0 Å². The normalized spacial score (nSPS) is 21.4. The van der Waals surface area contributed by atoms with Gasteiger partial charge >= 0.3 is 0 Å². The summed E-state index contributed by atoms with van der Waals surface area (Å²) < 4.78 is 16.1. The second-order valence-corrected chi connectivity index (χ2v) is 4.71. The van der Waals surface area contributed by atoms with Crippen LogP contribution in [0.3, 0.4) is 0 Å². The van der Waals surface area contributed by atoms with Crippen molar-refractivity contribution in [3.63, 3.8) is 0 Å². The fourth-order valence-electron chi connectivity index (χ4n) is 1.95. The molecule has 1 aliphatic rings. The first-order chi connectivity index (χ1) is 9.26. The Morgan fingerprint density at radius 2 is 2.37 bits per heavy atom. The van der Waals surface area contributed by atoms with Crippen LogP contribution in [0.25, 0.3) is 0 Å². The fraction of sp³-hybridized carbons (Fsp3) is 0.923. The third-order valence-corrected chi connectivity index (χ3v) is 2.89. The van der Waals surface area contributed by atoms with Crippen molar-refractivity contribution in [1.82, 2.24) is 10.6 Å². The predicted molar refractivity (Wildman–Crippen MR) is 75.6 cm³/mol. The standard InChI is InChI=1S/C13H27N3O3/c1-11(9-17-3)16-13(14-2)15-6-8-18-10-12-5-4-7-19-12/h11-12H,4-10H2,1-3H3,(H2,14,15,16). The van der Waals surface area contributed by atoms with Crippen molar-refractivity contribution in [2.45, 2.75) is 31.9 Å². The lowest BCUT2D eigenvalue weighted by molar-refractivity contribution is 0.0191. The van der Waals surface area contributed by atoms with Crippen LogP contribution in [-0.4, -0.2) is 65.2 Å². The predicted octanol–water partition coefficient (Wildman–Crippen LogP) is 0.382. The quantitative estimate of drug-likeness (QED) is 0.380. The number of hydrogen-bond acceptors (Lipinski definition) is 4. The van der Waals surface area contributed by atoms with E-state index in [9.17, 15) is 0 Å². The first-order valence-corrected chi connectivity index (χ1v) is 6.91. The van der Waals surface area contributed by atoms with Crippen LogP contribution in [0.15, 0.2) is 4.99 Å². The van der Waals surface area contributed by atoms with E-state index in [0.717, 1.165) is 32.0 Å². The van der Waals surface area contributed by atoms with Gasteiger partial charge in [-0.3, -0.25) is 4.99 Å². The monoisotopic (exact) mass is 273 g/mol. The van der Waals surface area contributed by atoms with E-state index in [2.05, 4.69) is 15.6 Å². The van der Waals surface area contributed by atoms with Crippen LogP contribution in [0.5, 0.6) is 0 Å². The van der Waals surface area contributed by atoms with Gasteiger partial charge in [0.1, 0.15) is 0 Å². The lowest BCUT2D eigenvalue weighted by atomic mass is 10.2. The van der Waals surface area contributed by atoms with E-state index in [0.29, 0.717) is 25.9 Å². The molecule has 1 heterocycles. The molecule has 0 bridgehead atoms. The lowest BCUT2D eigenvalue weighted by Gasteiger charge is -2.17. The SMILES string of the molecule is CN=C(NCCOCC1CCCO1)NC(C)COC. The van der Waals surface area contributed by atoms with E-state index in [-0.39, 0.29) is 6.04 Å². The number of hydrogen-bond donors (Lipinski definition) is 2. The first-order valence-electron chi connectivity index (χ1n) is 6.91. The Bertz CT molecular complexity index is 256. The summed E-state index contributed by atoms with van der Waals surface area (Å²) in [4.78, 5) is 4.14. The Balaban J connectivity index is 2.02. The Labute approximate surface area is 115 Å². The van der Waals surface area contributed by atoms with Crippen molar-refractivity contribution in [3.8, 4) is 0 Å². The fourth-order valence-corrected chi connectivity index (χ4v) is 1.95. The third-order valence-electron chi connectivity index (χ3n) is 2.89. The topological polar surface area (TPSA) is 64.1 Å². The number of nitrogens with zero attached hydrogens (tertiary/aromatic N) is 1.